The molecule has 1 fully saturated rings. The fourth-order valence-corrected chi connectivity index (χ4v) is 3.64. The van der Waals surface area contributed by atoms with Gasteiger partial charge < -0.3 is 5.32 Å². The van der Waals surface area contributed by atoms with Crippen molar-refractivity contribution in [2.45, 2.75) is 45.2 Å². The molecule has 0 bridgehead atoms. The Morgan fingerprint density at radius 2 is 2.17 bits per heavy atom. The summed E-state index contributed by atoms with van der Waals surface area (Å²) in [7, 11) is 0. The Labute approximate surface area is 111 Å². The summed E-state index contributed by atoms with van der Waals surface area (Å²) in [6.07, 6.45) is 2.52. The summed E-state index contributed by atoms with van der Waals surface area (Å²) >= 11 is 1.62. The van der Waals surface area contributed by atoms with Gasteiger partial charge in [-0.15, -0.1) is 11.3 Å². The van der Waals surface area contributed by atoms with Crippen molar-refractivity contribution in [3.8, 4) is 0 Å². The minimum Gasteiger partial charge on any atom is -0.310 e. The highest BCUT2D eigenvalue weighted by Crippen LogP contribution is 2.48. The first-order valence-electron chi connectivity index (χ1n) is 6.60. The van der Waals surface area contributed by atoms with Crippen molar-refractivity contribution in [3.05, 3.63) is 34.5 Å². The van der Waals surface area contributed by atoms with Gasteiger partial charge in [0.15, 0.2) is 0 Å². The molecule has 0 spiro atoms. The maximum atomic E-state index is 13.9. The lowest BCUT2D eigenvalue weighted by molar-refractivity contribution is 0.591. The Hall–Kier alpha value is -0.930. The van der Waals surface area contributed by atoms with E-state index in [1.807, 2.05) is 6.07 Å². The van der Waals surface area contributed by atoms with Gasteiger partial charge in [-0.25, -0.2) is 4.39 Å². The molecule has 3 rings (SSSR count). The van der Waals surface area contributed by atoms with E-state index in [4.69, 9.17) is 0 Å². The van der Waals surface area contributed by atoms with Gasteiger partial charge in [0.1, 0.15) is 5.82 Å². The molecule has 1 aromatic heterocycles. The first-order chi connectivity index (χ1) is 8.66. The summed E-state index contributed by atoms with van der Waals surface area (Å²) in [4.78, 5) is 1.33. The number of hydrogen-bond acceptors (Lipinski definition) is 2. The van der Waals surface area contributed by atoms with Gasteiger partial charge in [0, 0.05) is 17.5 Å². The zero-order chi connectivity index (χ0) is 12.7. The lowest BCUT2D eigenvalue weighted by atomic mass is 10.1. The van der Waals surface area contributed by atoms with E-state index >= 15 is 0 Å². The standard InChI is InChI=1S/C15H18FNS/c1-9(2)17-8-13-14(10-6-7-10)11-4-3-5-12(16)15(11)18-13/h3-5,9-10,17H,6-8H2,1-2H3. The van der Waals surface area contributed by atoms with Crippen molar-refractivity contribution in [1.29, 1.82) is 0 Å². The molecular formula is C15H18FNS. The Balaban J connectivity index is 2.06. The summed E-state index contributed by atoms with van der Waals surface area (Å²) in [6, 6.07) is 5.93. The summed E-state index contributed by atoms with van der Waals surface area (Å²) in [6.45, 7) is 5.15. The summed E-state index contributed by atoms with van der Waals surface area (Å²) in [5.41, 5.74) is 1.41. The lowest BCUT2D eigenvalue weighted by Crippen LogP contribution is -2.21. The van der Waals surface area contributed by atoms with Gasteiger partial charge in [0.25, 0.3) is 0 Å². The van der Waals surface area contributed by atoms with Crippen LogP contribution in [0.3, 0.4) is 0 Å². The fraction of sp³-hybridized carbons (Fsp3) is 0.467. The molecule has 3 heteroatoms. The van der Waals surface area contributed by atoms with Gasteiger partial charge in [-0.1, -0.05) is 26.0 Å². The highest BCUT2D eigenvalue weighted by Gasteiger charge is 2.30. The van der Waals surface area contributed by atoms with Crippen molar-refractivity contribution in [2.75, 3.05) is 0 Å². The molecule has 18 heavy (non-hydrogen) atoms. The molecule has 1 aliphatic rings. The Kier molecular flexibility index (Phi) is 3.12. The predicted octanol–water partition coefficient (Wildman–Crippen LogP) is 4.42. The van der Waals surface area contributed by atoms with Crippen LogP contribution in [0.25, 0.3) is 10.1 Å². The van der Waals surface area contributed by atoms with Crippen LogP contribution in [0.5, 0.6) is 0 Å². The fourth-order valence-electron chi connectivity index (χ4n) is 2.40. The van der Waals surface area contributed by atoms with E-state index in [9.17, 15) is 4.39 Å². The highest BCUT2D eigenvalue weighted by atomic mass is 32.1. The number of halogens is 1. The van der Waals surface area contributed by atoms with Crippen molar-refractivity contribution < 1.29 is 4.39 Å². The molecule has 1 saturated carbocycles. The first-order valence-corrected chi connectivity index (χ1v) is 7.41. The molecular weight excluding hydrogens is 245 g/mol. The van der Waals surface area contributed by atoms with Crippen LogP contribution in [0.2, 0.25) is 0 Å². The predicted molar refractivity (Wildman–Crippen MR) is 75.7 cm³/mol. The van der Waals surface area contributed by atoms with E-state index in [1.54, 1.807) is 17.4 Å². The molecule has 0 saturated heterocycles. The van der Waals surface area contributed by atoms with E-state index < -0.39 is 0 Å². The van der Waals surface area contributed by atoms with Crippen molar-refractivity contribution in [1.82, 2.24) is 5.32 Å². The minimum absolute atomic E-state index is 0.0739. The van der Waals surface area contributed by atoms with E-state index in [0.29, 0.717) is 12.0 Å². The third-order valence-electron chi connectivity index (χ3n) is 3.44. The second-order valence-corrected chi connectivity index (χ2v) is 6.47. The number of thiophene rings is 1. The van der Waals surface area contributed by atoms with Crippen LogP contribution in [0, 0.1) is 5.82 Å². The number of rotatable bonds is 4. The zero-order valence-electron chi connectivity index (χ0n) is 10.8. The van der Waals surface area contributed by atoms with Crippen molar-refractivity contribution >= 4 is 21.4 Å². The second kappa shape index (κ2) is 4.63. The van der Waals surface area contributed by atoms with E-state index in [1.165, 1.54) is 23.3 Å². The largest absolute Gasteiger partial charge is 0.310 e. The van der Waals surface area contributed by atoms with E-state index in [0.717, 1.165) is 16.6 Å². The molecule has 1 nitrogen and oxygen atoms in total. The third kappa shape index (κ3) is 2.17. The number of benzene rings is 1. The summed E-state index contributed by atoms with van der Waals surface area (Å²) in [5.74, 6) is 0.597. The Morgan fingerprint density at radius 1 is 1.39 bits per heavy atom. The van der Waals surface area contributed by atoms with Crippen LogP contribution in [0.4, 0.5) is 4.39 Å². The maximum Gasteiger partial charge on any atom is 0.141 e. The maximum absolute atomic E-state index is 13.9. The van der Waals surface area contributed by atoms with Gasteiger partial charge in [0.05, 0.1) is 4.70 Å². The molecule has 2 aromatic rings. The molecule has 0 atom stereocenters. The van der Waals surface area contributed by atoms with E-state index in [-0.39, 0.29) is 5.82 Å². The van der Waals surface area contributed by atoms with Crippen LogP contribution in [0.1, 0.15) is 43.0 Å². The van der Waals surface area contributed by atoms with E-state index in [2.05, 4.69) is 25.2 Å². The van der Waals surface area contributed by atoms with Gasteiger partial charge in [-0.2, -0.15) is 0 Å². The summed E-state index contributed by atoms with van der Waals surface area (Å²) in [5, 5.41) is 4.59. The topological polar surface area (TPSA) is 12.0 Å². The van der Waals surface area contributed by atoms with Gasteiger partial charge in [0.2, 0.25) is 0 Å². The molecule has 96 valence electrons. The van der Waals surface area contributed by atoms with Gasteiger partial charge >= 0.3 is 0 Å². The van der Waals surface area contributed by atoms with Gasteiger partial charge in [-0.3, -0.25) is 0 Å². The Bertz CT molecular complexity index is 569. The first kappa shape index (κ1) is 12.1. The molecule has 0 radical (unpaired) electrons. The van der Waals surface area contributed by atoms with Crippen LogP contribution in [0.15, 0.2) is 18.2 Å². The molecule has 1 aromatic carbocycles. The number of fused-ring (bicyclic) bond motifs is 1. The average molecular weight is 263 g/mol. The second-order valence-electron chi connectivity index (χ2n) is 5.37. The van der Waals surface area contributed by atoms with Crippen LogP contribution in [-0.4, -0.2) is 6.04 Å². The monoisotopic (exact) mass is 263 g/mol. The molecule has 1 aliphatic carbocycles. The molecule has 1 heterocycles. The van der Waals surface area contributed by atoms with Crippen molar-refractivity contribution in [2.24, 2.45) is 0 Å². The SMILES string of the molecule is CC(C)NCc1sc2c(F)cccc2c1C1CC1. The highest BCUT2D eigenvalue weighted by molar-refractivity contribution is 7.19. The van der Waals surface area contributed by atoms with Crippen LogP contribution in [-0.2, 0) is 6.54 Å². The van der Waals surface area contributed by atoms with Gasteiger partial charge in [-0.05, 0) is 35.8 Å². The normalized spacial score (nSPS) is 15.8. The molecule has 1 N–H and O–H groups in total. The zero-order valence-corrected chi connectivity index (χ0v) is 11.6. The number of nitrogens with one attached hydrogen (secondary N) is 1. The van der Waals surface area contributed by atoms with Crippen molar-refractivity contribution in [3.63, 3.8) is 0 Å². The lowest BCUT2D eigenvalue weighted by Gasteiger charge is -2.08. The quantitative estimate of drug-likeness (QED) is 0.861. The third-order valence-corrected chi connectivity index (χ3v) is 4.67. The summed E-state index contributed by atoms with van der Waals surface area (Å²) < 4.78 is 14.7. The smallest absolute Gasteiger partial charge is 0.141 e. The average Bonchev–Trinajstić information content (AvgIpc) is 3.08. The minimum atomic E-state index is -0.0739. The molecule has 0 amide bonds. The molecule has 0 unspecified atom stereocenters. The van der Waals surface area contributed by atoms with Crippen LogP contribution < -0.4 is 5.32 Å². The van der Waals surface area contributed by atoms with Crippen LogP contribution >= 0.6 is 11.3 Å². The number of hydrogen-bond donors (Lipinski definition) is 1. The molecule has 0 aliphatic heterocycles. The Morgan fingerprint density at radius 3 is 2.83 bits per heavy atom.